The van der Waals surface area contributed by atoms with Gasteiger partial charge >= 0.3 is 0 Å². The molecule has 0 fully saturated rings. The van der Waals surface area contributed by atoms with Crippen LogP contribution in [0.25, 0.3) is 11.1 Å². The Morgan fingerprint density at radius 1 is 1.05 bits per heavy atom. The zero-order chi connectivity index (χ0) is 16.2. The van der Waals surface area contributed by atoms with Crippen LogP contribution in [0.4, 0.5) is 4.39 Å². The lowest BCUT2D eigenvalue weighted by atomic mass is 9.93. The molecule has 3 nitrogen and oxygen atoms in total. The largest absolute Gasteiger partial charge is 0.394 e. The van der Waals surface area contributed by atoms with Crippen molar-refractivity contribution in [2.75, 3.05) is 13.2 Å². The highest BCUT2D eigenvalue weighted by molar-refractivity contribution is 9.10. The third-order valence-electron chi connectivity index (χ3n) is 3.74. The molecular formula is C17H19BrFNO2. The third-order valence-corrected chi connectivity index (χ3v) is 4.23. The monoisotopic (exact) mass is 367 g/mol. The molecule has 0 heterocycles. The van der Waals surface area contributed by atoms with Crippen LogP contribution in [0.15, 0.2) is 46.9 Å². The minimum atomic E-state index is -0.962. The van der Waals surface area contributed by atoms with Crippen LogP contribution in [-0.4, -0.2) is 29.0 Å². The molecule has 2 aromatic carbocycles. The molecule has 2 aromatic rings. The van der Waals surface area contributed by atoms with Crippen molar-refractivity contribution in [3.63, 3.8) is 0 Å². The molecule has 0 unspecified atom stereocenters. The van der Waals surface area contributed by atoms with Gasteiger partial charge in [-0.25, -0.2) is 4.39 Å². The van der Waals surface area contributed by atoms with Gasteiger partial charge in [0.15, 0.2) is 0 Å². The van der Waals surface area contributed by atoms with Gasteiger partial charge in [-0.05, 0) is 36.1 Å². The molecule has 4 N–H and O–H groups in total. The number of halogens is 2. The predicted molar refractivity (Wildman–Crippen MR) is 88.9 cm³/mol. The number of rotatable bonds is 6. The topological polar surface area (TPSA) is 66.5 Å². The van der Waals surface area contributed by atoms with Crippen LogP contribution < -0.4 is 5.73 Å². The fraction of sp³-hybridized carbons (Fsp3) is 0.294. The van der Waals surface area contributed by atoms with Gasteiger partial charge in [0.05, 0.1) is 18.8 Å². The molecule has 0 saturated carbocycles. The molecule has 2 rings (SSSR count). The number of aliphatic hydroxyl groups is 2. The summed E-state index contributed by atoms with van der Waals surface area (Å²) in [5.41, 5.74) is 7.26. The molecule has 5 heteroatoms. The first kappa shape index (κ1) is 17.1. The van der Waals surface area contributed by atoms with E-state index >= 15 is 0 Å². The van der Waals surface area contributed by atoms with Crippen LogP contribution in [0.3, 0.4) is 0 Å². The Hall–Kier alpha value is -1.27. The minimum absolute atomic E-state index is 0.258. The minimum Gasteiger partial charge on any atom is -0.394 e. The van der Waals surface area contributed by atoms with Gasteiger partial charge in [-0.1, -0.05) is 46.3 Å². The Bertz CT molecular complexity index is 627. The van der Waals surface area contributed by atoms with Crippen molar-refractivity contribution in [2.24, 2.45) is 5.73 Å². The van der Waals surface area contributed by atoms with Gasteiger partial charge in [0.2, 0.25) is 0 Å². The summed E-state index contributed by atoms with van der Waals surface area (Å²) >= 11 is 3.24. The summed E-state index contributed by atoms with van der Waals surface area (Å²) < 4.78 is 14.6. The van der Waals surface area contributed by atoms with Gasteiger partial charge in [-0.3, -0.25) is 0 Å². The Morgan fingerprint density at radius 3 is 2.23 bits per heavy atom. The lowest BCUT2D eigenvalue weighted by Crippen LogP contribution is -2.47. The number of nitrogens with two attached hydrogens (primary N) is 1. The molecule has 118 valence electrons. The van der Waals surface area contributed by atoms with Crippen LogP contribution >= 0.6 is 15.9 Å². The summed E-state index contributed by atoms with van der Waals surface area (Å²) in [5.74, 6) is -0.274. The summed E-state index contributed by atoms with van der Waals surface area (Å²) in [7, 11) is 0. The first-order valence-corrected chi connectivity index (χ1v) is 7.82. The molecule has 0 saturated heterocycles. The Labute approximate surface area is 137 Å². The van der Waals surface area contributed by atoms with E-state index in [2.05, 4.69) is 15.9 Å². The summed E-state index contributed by atoms with van der Waals surface area (Å²) in [5, 5.41) is 18.4. The van der Waals surface area contributed by atoms with Crippen LogP contribution in [0, 0.1) is 5.82 Å². The first-order valence-electron chi connectivity index (χ1n) is 7.02. The highest BCUT2D eigenvalue weighted by atomic mass is 79.9. The third kappa shape index (κ3) is 4.14. The Balaban J connectivity index is 2.10. The highest BCUT2D eigenvalue weighted by Gasteiger charge is 2.22. The number of aryl methyl sites for hydroxylation is 1. The molecule has 0 atom stereocenters. The molecular weight excluding hydrogens is 349 g/mol. The van der Waals surface area contributed by atoms with Crippen LogP contribution in [0.1, 0.15) is 12.0 Å². The van der Waals surface area contributed by atoms with Gasteiger partial charge in [0, 0.05) is 10.0 Å². The van der Waals surface area contributed by atoms with Crippen molar-refractivity contribution >= 4 is 15.9 Å². The van der Waals surface area contributed by atoms with E-state index in [0.29, 0.717) is 22.9 Å². The number of benzene rings is 2. The fourth-order valence-electron chi connectivity index (χ4n) is 2.18. The van der Waals surface area contributed by atoms with Gasteiger partial charge in [0.25, 0.3) is 0 Å². The van der Waals surface area contributed by atoms with E-state index in [0.717, 1.165) is 11.1 Å². The molecule has 0 aliphatic carbocycles. The average molecular weight is 368 g/mol. The standard InChI is InChI=1S/C17H19BrFNO2/c18-14-5-6-15(16(19)9-14)13-3-1-12(2-4-13)7-8-17(20,10-21)11-22/h1-6,9,21-22H,7-8,10-11,20H2. The fourth-order valence-corrected chi connectivity index (χ4v) is 2.51. The van der Waals surface area contributed by atoms with Gasteiger partial charge in [-0.15, -0.1) is 0 Å². The second kappa shape index (κ2) is 7.33. The van der Waals surface area contributed by atoms with E-state index in [1.165, 1.54) is 6.07 Å². The van der Waals surface area contributed by atoms with Crippen molar-refractivity contribution < 1.29 is 14.6 Å². The molecule has 0 aliphatic rings. The van der Waals surface area contributed by atoms with E-state index < -0.39 is 5.54 Å². The van der Waals surface area contributed by atoms with Crippen LogP contribution in [0.2, 0.25) is 0 Å². The molecule has 0 spiro atoms. The zero-order valence-electron chi connectivity index (χ0n) is 12.1. The number of hydrogen-bond donors (Lipinski definition) is 3. The smallest absolute Gasteiger partial charge is 0.132 e. The van der Waals surface area contributed by atoms with Crippen molar-refractivity contribution in [1.29, 1.82) is 0 Å². The SMILES string of the molecule is NC(CO)(CO)CCc1ccc(-c2ccc(Br)cc2F)cc1. The van der Waals surface area contributed by atoms with Crippen molar-refractivity contribution in [3.8, 4) is 11.1 Å². The van der Waals surface area contributed by atoms with E-state index in [1.807, 2.05) is 24.3 Å². The quantitative estimate of drug-likeness (QED) is 0.735. The lowest BCUT2D eigenvalue weighted by molar-refractivity contribution is 0.115. The maximum Gasteiger partial charge on any atom is 0.132 e. The second-order valence-electron chi connectivity index (χ2n) is 5.50. The predicted octanol–water partition coefficient (Wildman–Crippen LogP) is 2.87. The molecule has 22 heavy (non-hydrogen) atoms. The number of aliphatic hydroxyl groups excluding tert-OH is 2. The van der Waals surface area contributed by atoms with Gasteiger partial charge in [-0.2, -0.15) is 0 Å². The van der Waals surface area contributed by atoms with Gasteiger partial charge in [0.1, 0.15) is 5.82 Å². The Kier molecular flexibility index (Phi) is 5.69. The molecule has 0 radical (unpaired) electrons. The zero-order valence-corrected chi connectivity index (χ0v) is 13.7. The van der Waals surface area contributed by atoms with E-state index in [4.69, 9.17) is 5.73 Å². The van der Waals surface area contributed by atoms with E-state index in [1.54, 1.807) is 12.1 Å². The lowest BCUT2D eigenvalue weighted by Gasteiger charge is -2.24. The van der Waals surface area contributed by atoms with Gasteiger partial charge < -0.3 is 15.9 Å². The van der Waals surface area contributed by atoms with Crippen LogP contribution in [0.5, 0.6) is 0 Å². The Morgan fingerprint density at radius 2 is 1.68 bits per heavy atom. The van der Waals surface area contributed by atoms with Crippen molar-refractivity contribution in [2.45, 2.75) is 18.4 Å². The van der Waals surface area contributed by atoms with E-state index in [9.17, 15) is 14.6 Å². The first-order chi connectivity index (χ1) is 10.5. The maximum absolute atomic E-state index is 13.9. The number of hydrogen-bond acceptors (Lipinski definition) is 3. The molecule has 0 aliphatic heterocycles. The molecule has 0 aromatic heterocycles. The molecule has 0 bridgehead atoms. The summed E-state index contributed by atoms with van der Waals surface area (Å²) in [4.78, 5) is 0. The normalized spacial score (nSPS) is 11.7. The second-order valence-corrected chi connectivity index (χ2v) is 6.42. The van der Waals surface area contributed by atoms with Crippen LogP contribution in [-0.2, 0) is 6.42 Å². The summed E-state index contributed by atoms with van der Waals surface area (Å²) in [6.45, 7) is -0.516. The summed E-state index contributed by atoms with van der Waals surface area (Å²) in [6, 6.07) is 12.5. The van der Waals surface area contributed by atoms with Crippen molar-refractivity contribution in [3.05, 3.63) is 58.3 Å². The van der Waals surface area contributed by atoms with Crippen molar-refractivity contribution in [1.82, 2.24) is 0 Å². The maximum atomic E-state index is 13.9. The summed E-state index contributed by atoms with van der Waals surface area (Å²) in [6.07, 6.45) is 1.12. The average Bonchev–Trinajstić information content (AvgIpc) is 2.53. The highest BCUT2D eigenvalue weighted by Crippen LogP contribution is 2.26. The van der Waals surface area contributed by atoms with E-state index in [-0.39, 0.29) is 19.0 Å². The molecule has 0 amide bonds.